The quantitative estimate of drug-likeness (QED) is 0.608. The van der Waals surface area contributed by atoms with Gasteiger partial charge in [0.05, 0.1) is 11.2 Å². The summed E-state index contributed by atoms with van der Waals surface area (Å²) in [6, 6.07) is 10.7. The lowest BCUT2D eigenvalue weighted by molar-refractivity contribution is 0.471. The van der Waals surface area contributed by atoms with Crippen molar-refractivity contribution >= 4 is 21.6 Å². The fourth-order valence-electron chi connectivity index (χ4n) is 2.58. The van der Waals surface area contributed by atoms with Gasteiger partial charge in [-0.05, 0) is 42.1 Å². The highest BCUT2D eigenvalue weighted by Gasteiger charge is 2.16. The minimum Gasteiger partial charge on any atom is -0.508 e. The van der Waals surface area contributed by atoms with E-state index in [0.29, 0.717) is 21.7 Å². The Balaban J connectivity index is 2.10. The standard InChI is InChI=1S/C18H13N3O2S/c1-11-4-5-13(9-15(11)22)21-17(12-3-2-7-19-10-12)20-14-6-8-24-16(14)18(21)23/h2-10,22H,1H3. The molecule has 1 N–H and O–H groups in total. The van der Waals surface area contributed by atoms with Crippen LogP contribution in [0.2, 0.25) is 0 Å². The molecule has 5 nitrogen and oxygen atoms in total. The summed E-state index contributed by atoms with van der Waals surface area (Å²) in [6.07, 6.45) is 3.34. The minimum absolute atomic E-state index is 0.141. The molecule has 24 heavy (non-hydrogen) atoms. The maximum Gasteiger partial charge on any atom is 0.276 e. The first kappa shape index (κ1) is 14.6. The molecule has 0 spiro atoms. The van der Waals surface area contributed by atoms with Crippen molar-refractivity contribution in [1.82, 2.24) is 14.5 Å². The van der Waals surface area contributed by atoms with Crippen LogP contribution in [0.25, 0.3) is 27.3 Å². The molecule has 1 aromatic carbocycles. The highest BCUT2D eigenvalue weighted by Crippen LogP contribution is 2.26. The number of hydrogen-bond donors (Lipinski definition) is 1. The van der Waals surface area contributed by atoms with E-state index in [-0.39, 0.29) is 11.3 Å². The number of pyridine rings is 1. The van der Waals surface area contributed by atoms with Gasteiger partial charge in [-0.15, -0.1) is 11.3 Å². The van der Waals surface area contributed by atoms with Gasteiger partial charge in [-0.2, -0.15) is 0 Å². The van der Waals surface area contributed by atoms with E-state index in [1.165, 1.54) is 15.9 Å². The summed E-state index contributed by atoms with van der Waals surface area (Å²) in [5.41, 5.74) is 2.57. The van der Waals surface area contributed by atoms with Crippen molar-refractivity contribution in [3.8, 4) is 22.8 Å². The van der Waals surface area contributed by atoms with Crippen LogP contribution in [0, 0.1) is 6.92 Å². The first-order chi connectivity index (χ1) is 11.6. The van der Waals surface area contributed by atoms with E-state index in [1.54, 1.807) is 36.7 Å². The summed E-state index contributed by atoms with van der Waals surface area (Å²) in [7, 11) is 0. The van der Waals surface area contributed by atoms with Gasteiger partial charge < -0.3 is 5.11 Å². The van der Waals surface area contributed by atoms with Crippen LogP contribution in [0.3, 0.4) is 0 Å². The molecule has 0 unspecified atom stereocenters. The Kier molecular flexibility index (Phi) is 3.39. The molecular formula is C18H13N3O2S. The number of rotatable bonds is 2. The predicted molar refractivity (Wildman–Crippen MR) is 94.8 cm³/mol. The van der Waals surface area contributed by atoms with Gasteiger partial charge >= 0.3 is 0 Å². The van der Waals surface area contributed by atoms with E-state index in [9.17, 15) is 9.90 Å². The van der Waals surface area contributed by atoms with Crippen LogP contribution in [-0.2, 0) is 0 Å². The summed E-state index contributed by atoms with van der Waals surface area (Å²) in [6.45, 7) is 1.81. The number of hydrogen-bond acceptors (Lipinski definition) is 5. The number of fused-ring (bicyclic) bond motifs is 1. The molecule has 0 bridgehead atoms. The zero-order valence-electron chi connectivity index (χ0n) is 12.8. The molecule has 4 aromatic rings. The van der Waals surface area contributed by atoms with Gasteiger partial charge in [0.1, 0.15) is 16.3 Å². The summed E-state index contributed by atoms with van der Waals surface area (Å²) in [5, 5.41) is 11.9. The number of thiophene rings is 1. The van der Waals surface area contributed by atoms with Gasteiger partial charge in [0.25, 0.3) is 5.56 Å². The van der Waals surface area contributed by atoms with Crippen molar-refractivity contribution in [1.29, 1.82) is 0 Å². The van der Waals surface area contributed by atoms with Crippen molar-refractivity contribution in [2.24, 2.45) is 0 Å². The molecule has 0 atom stereocenters. The third kappa shape index (κ3) is 2.28. The highest BCUT2D eigenvalue weighted by molar-refractivity contribution is 7.17. The molecule has 0 aliphatic heterocycles. The molecular weight excluding hydrogens is 322 g/mol. The Morgan fingerprint density at radius 1 is 1.21 bits per heavy atom. The molecule has 0 saturated heterocycles. The first-order valence-electron chi connectivity index (χ1n) is 7.36. The van der Waals surface area contributed by atoms with Gasteiger partial charge in [-0.25, -0.2) is 4.98 Å². The molecule has 3 aromatic heterocycles. The van der Waals surface area contributed by atoms with Crippen LogP contribution in [-0.4, -0.2) is 19.6 Å². The third-order valence-electron chi connectivity index (χ3n) is 3.85. The Morgan fingerprint density at radius 2 is 2.08 bits per heavy atom. The molecule has 118 valence electrons. The number of phenolic OH excluding ortho intramolecular Hbond substituents is 1. The van der Waals surface area contributed by atoms with Crippen molar-refractivity contribution < 1.29 is 5.11 Å². The molecule has 0 aliphatic carbocycles. The molecule has 4 rings (SSSR count). The molecule has 3 heterocycles. The van der Waals surface area contributed by atoms with E-state index >= 15 is 0 Å². The van der Waals surface area contributed by atoms with E-state index in [4.69, 9.17) is 0 Å². The SMILES string of the molecule is Cc1ccc(-n2c(-c3cccnc3)nc3ccsc3c2=O)cc1O. The topological polar surface area (TPSA) is 68.0 Å². The van der Waals surface area contributed by atoms with Gasteiger partial charge in [-0.1, -0.05) is 6.07 Å². The van der Waals surface area contributed by atoms with Crippen molar-refractivity contribution in [3.05, 3.63) is 70.1 Å². The fraction of sp³-hybridized carbons (Fsp3) is 0.0556. The van der Waals surface area contributed by atoms with Crippen molar-refractivity contribution in [2.45, 2.75) is 6.92 Å². The maximum absolute atomic E-state index is 13.0. The number of aromatic nitrogens is 3. The number of phenols is 1. The zero-order chi connectivity index (χ0) is 16.7. The largest absolute Gasteiger partial charge is 0.508 e. The first-order valence-corrected chi connectivity index (χ1v) is 8.24. The normalized spacial score (nSPS) is 11.0. The number of aromatic hydroxyl groups is 1. The Labute approximate surface area is 141 Å². The van der Waals surface area contributed by atoms with Gasteiger partial charge in [-0.3, -0.25) is 14.3 Å². The Hall–Kier alpha value is -2.99. The van der Waals surface area contributed by atoms with Gasteiger partial charge in [0, 0.05) is 24.0 Å². The van der Waals surface area contributed by atoms with Crippen LogP contribution in [0.4, 0.5) is 0 Å². The van der Waals surface area contributed by atoms with Crippen LogP contribution in [0.15, 0.2) is 59.0 Å². The minimum atomic E-state index is -0.155. The number of benzene rings is 1. The molecule has 0 fully saturated rings. The zero-order valence-corrected chi connectivity index (χ0v) is 13.6. The number of aryl methyl sites for hydroxylation is 1. The van der Waals surface area contributed by atoms with E-state index in [0.717, 1.165) is 11.1 Å². The van der Waals surface area contributed by atoms with Gasteiger partial charge in [0.15, 0.2) is 0 Å². The maximum atomic E-state index is 13.0. The van der Waals surface area contributed by atoms with E-state index in [1.807, 2.05) is 24.4 Å². The highest BCUT2D eigenvalue weighted by atomic mass is 32.1. The smallest absolute Gasteiger partial charge is 0.276 e. The lowest BCUT2D eigenvalue weighted by Crippen LogP contribution is -2.21. The summed E-state index contributed by atoms with van der Waals surface area (Å²) in [5.74, 6) is 0.644. The van der Waals surface area contributed by atoms with Gasteiger partial charge in [0.2, 0.25) is 0 Å². The average Bonchev–Trinajstić information content (AvgIpc) is 3.07. The Bertz CT molecular complexity index is 1100. The molecule has 0 saturated carbocycles. The molecule has 0 aliphatic rings. The van der Waals surface area contributed by atoms with Crippen LogP contribution in [0.5, 0.6) is 5.75 Å². The van der Waals surface area contributed by atoms with E-state index < -0.39 is 0 Å². The van der Waals surface area contributed by atoms with Crippen LogP contribution < -0.4 is 5.56 Å². The second-order valence-electron chi connectivity index (χ2n) is 5.42. The lowest BCUT2D eigenvalue weighted by atomic mass is 10.2. The lowest BCUT2D eigenvalue weighted by Gasteiger charge is -2.13. The van der Waals surface area contributed by atoms with E-state index in [2.05, 4.69) is 9.97 Å². The predicted octanol–water partition coefficient (Wildman–Crippen LogP) is 3.52. The van der Waals surface area contributed by atoms with Crippen molar-refractivity contribution in [3.63, 3.8) is 0 Å². The summed E-state index contributed by atoms with van der Waals surface area (Å²) >= 11 is 1.36. The van der Waals surface area contributed by atoms with Crippen LogP contribution >= 0.6 is 11.3 Å². The van der Waals surface area contributed by atoms with Crippen LogP contribution in [0.1, 0.15) is 5.56 Å². The third-order valence-corrected chi connectivity index (χ3v) is 4.74. The Morgan fingerprint density at radius 3 is 2.83 bits per heavy atom. The molecule has 0 amide bonds. The number of nitrogens with zero attached hydrogens (tertiary/aromatic N) is 3. The second kappa shape index (κ2) is 5.58. The molecule has 0 radical (unpaired) electrons. The monoisotopic (exact) mass is 335 g/mol. The fourth-order valence-corrected chi connectivity index (χ4v) is 3.34. The second-order valence-corrected chi connectivity index (χ2v) is 6.34. The summed E-state index contributed by atoms with van der Waals surface area (Å²) < 4.78 is 2.11. The molecule has 6 heteroatoms. The average molecular weight is 335 g/mol. The van der Waals surface area contributed by atoms with Crippen molar-refractivity contribution in [2.75, 3.05) is 0 Å². The summed E-state index contributed by atoms with van der Waals surface area (Å²) in [4.78, 5) is 21.8.